The third-order valence-electron chi connectivity index (χ3n) is 5.59. The lowest BCUT2D eigenvalue weighted by molar-refractivity contribution is 0.00912. The van der Waals surface area contributed by atoms with Crippen LogP contribution in [0.4, 0.5) is 0 Å². The first kappa shape index (κ1) is 20.0. The summed E-state index contributed by atoms with van der Waals surface area (Å²) in [6.07, 6.45) is 0.664. The molecule has 0 heterocycles. The number of carbonyl (C=O) groups is 1. The maximum atomic E-state index is 13.1. The van der Waals surface area contributed by atoms with Crippen molar-refractivity contribution in [2.75, 3.05) is 14.2 Å². The number of aliphatic hydroxyl groups is 1. The average Bonchev–Trinajstić information content (AvgIpc) is 3.00. The predicted molar refractivity (Wildman–Crippen MR) is 104 cm³/mol. The molecule has 6 nitrogen and oxygen atoms in total. The lowest BCUT2D eigenvalue weighted by atomic mass is 9.78. The molecule has 0 fully saturated rings. The molecular formula is C22H26O6. The van der Waals surface area contributed by atoms with Gasteiger partial charge in [-0.3, -0.25) is 4.79 Å². The molecule has 1 aliphatic rings. The lowest BCUT2D eigenvalue weighted by Gasteiger charge is -2.31. The summed E-state index contributed by atoms with van der Waals surface area (Å²) >= 11 is 0. The van der Waals surface area contributed by atoms with Crippen molar-refractivity contribution in [3.8, 4) is 23.0 Å². The van der Waals surface area contributed by atoms with Crippen molar-refractivity contribution in [1.29, 1.82) is 0 Å². The molecule has 3 rings (SSSR count). The van der Waals surface area contributed by atoms with Crippen LogP contribution >= 0.6 is 0 Å². The largest absolute Gasteiger partial charge is 0.508 e. The number of ether oxygens (including phenoxy) is 2. The topological polar surface area (TPSA) is 96.2 Å². The van der Waals surface area contributed by atoms with Crippen molar-refractivity contribution in [1.82, 2.24) is 0 Å². The van der Waals surface area contributed by atoms with Crippen LogP contribution in [0.25, 0.3) is 0 Å². The molecule has 0 spiro atoms. The SMILES string of the molecule is COc1cc(O)ccc1C(=O)C[C@@H]1c2ccc(O)c(OC)c2C[C@H]1C(C)(C)O. The summed E-state index contributed by atoms with van der Waals surface area (Å²) < 4.78 is 10.6. The highest BCUT2D eigenvalue weighted by atomic mass is 16.5. The molecule has 3 N–H and O–H groups in total. The molecule has 0 unspecified atom stereocenters. The van der Waals surface area contributed by atoms with Gasteiger partial charge in [0.15, 0.2) is 17.3 Å². The van der Waals surface area contributed by atoms with Gasteiger partial charge < -0.3 is 24.8 Å². The summed E-state index contributed by atoms with van der Waals surface area (Å²) in [6, 6.07) is 7.76. The molecular weight excluding hydrogens is 360 g/mol. The van der Waals surface area contributed by atoms with Crippen LogP contribution in [0.5, 0.6) is 23.0 Å². The number of phenols is 2. The van der Waals surface area contributed by atoms with E-state index in [0.717, 1.165) is 11.1 Å². The van der Waals surface area contributed by atoms with Crippen LogP contribution in [-0.2, 0) is 6.42 Å². The van der Waals surface area contributed by atoms with Gasteiger partial charge in [-0.1, -0.05) is 6.07 Å². The van der Waals surface area contributed by atoms with E-state index >= 15 is 0 Å². The van der Waals surface area contributed by atoms with Crippen LogP contribution in [0.3, 0.4) is 0 Å². The molecule has 2 aromatic rings. The van der Waals surface area contributed by atoms with E-state index in [9.17, 15) is 20.1 Å². The summed E-state index contributed by atoms with van der Waals surface area (Å²) in [5, 5.41) is 30.5. The Morgan fingerprint density at radius 3 is 2.46 bits per heavy atom. The van der Waals surface area contributed by atoms with Crippen LogP contribution < -0.4 is 9.47 Å². The maximum absolute atomic E-state index is 13.1. The smallest absolute Gasteiger partial charge is 0.167 e. The number of hydrogen-bond acceptors (Lipinski definition) is 6. The van der Waals surface area contributed by atoms with Crippen LogP contribution in [-0.4, -0.2) is 40.9 Å². The van der Waals surface area contributed by atoms with Gasteiger partial charge in [0.25, 0.3) is 0 Å². The minimum Gasteiger partial charge on any atom is -0.508 e. The monoisotopic (exact) mass is 386 g/mol. The van der Waals surface area contributed by atoms with E-state index < -0.39 is 5.60 Å². The van der Waals surface area contributed by atoms with Crippen molar-refractivity contribution in [3.05, 3.63) is 47.0 Å². The number of fused-ring (bicyclic) bond motifs is 1. The van der Waals surface area contributed by atoms with Crippen LogP contribution in [0, 0.1) is 5.92 Å². The zero-order chi connectivity index (χ0) is 20.6. The Labute approximate surface area is 164 Å². The zero-order valence-corrected chi connectivity index (χ0v) is 16.5. The Bertz CT molecular complexity index is 897. The number of carbonyl (C=O) groups excluding carboxylic acids is 1. The Morgan fingerprint density at radius 1 is 1.14 bits per heavy atom. The molecule has 0 saturated heterocycles. The summed E-state index contributed by atoms with van der Waals surface area (Å²) in [6.45, 7) is 3.46. The molecule has 0 radical (unpaired) electrons. The van der Waals surface area contributed by atoms with Crippen molar-refractivity contribution in [2.24, 2.45) is 5.92 Å². The molecule has 0 amide bonds. The molecule has 0 bridgehead atoms. The molecule has 6 heteroatoms. The summed E-state index contributed by atoms with van der Waals surface area (Å²) in [5.41, 5.74) is 1.08. The van der Waals surface area contributed by atoms with Crippen molar-refractivity contribution in [2.45, 2.75) is 38.2 Å². The first-order chi connectivity index (χ1) is 13.2. The van der Waals surface area contributed by atoms with E-state index in [-0.39, 0.29) is 35.5 Å². The summed E-state index contributed by atoms with van der Waals surface area (Å²) in [5.74, 6) is 0.170. The van der Waals surface area contributed by atoms with Crippen molar-refractivity contribution in [3.63, 3.8) is 0 Å². The molecule has 0 aromatic heterocycles. The quantitative estimate of drug-likeness (QED) is 0.659. The number of Topliss-reactive ketones (excluding diaryl/α,β-unsaturated/α-hetero) is 1. The number of benzene rings is 2. The van der Waals surface area contributed by atoms with E-state index in [1.807, 2.05) is 0 Å². The van der Waals surface area contributed by atoms with Gasteiger partial charge in [0, 0.05) is 18.1 Å². The second kappa shape index (κ2) is 7.36. The van der Waals surface area contributed by atoms with E-state index in [1.165, 1.54) is 26.4 Å². The minimum absolute atomic E-state index is 0.0224. The van der Waals surface area contributed by atoms with Gasteiger partial charge in [0.05, 0.1) is 25.4 Å². The average molecular weight is 386 g/mol. The number of rotatable bonds is 6. The van der Waals surface area contributed by atoms with Crippen LogP contribution in [0.15, 0.2) is 30.3 Å². The van der Waals surface area contributed by atoms with Gasteiger partial charge in [-0.25, -0.2) is 0 Å². The van der Waals surface area contributed by atoms with E-state index in [1.54, 1.807) is 32.0 Å². The maximum Gasteiger partial charge on any atom is 0.167 e. The fourth-order valence-corrected chi connectivity index (χ4v) is 4.21. The molecule has 0 aliphatic heterocycles. The number of aromatic hydroxyl groups is 2. The van der Waals surface area contributed by atoms with Gasteiger partial charge in [-0.15, -0.1) is 0 Å². The molecule has 2 aromatic carbocycles. The molecule has 2 atom stereocenters. The van der Waals surface area contributed by atoms with Gasteiger partial charge in [0.1, 0.15) is 11.5 Å². The molecule has 1 aliphatic carbocycles. The Kier molecular flexibility index (Phi) is 5.26. The Balaban J connectivity index is 2.01. The first-order valence-corrected chi connectivity index (χ1v) is 9.18. The lowest BCUT2D eigenvalue weighted by Crippen LogP contribution is -2.34. The highest BCUT2D eigenvalue weighted by Crippen LogP contribution is 2.50. The van der Waals surface area contributed by atoms with E-state index in [4.69, 9.17) is 9.47 Å². The normalized spacial score (nSPS) is 18.6. The number of phenolic OH excluding ortho intramolecular Hbond substituents is 2. The van der Waals surface area contributed by atoms with Gasteiger partial charge in [-0.2, -0.15) is 0 Å². The van der Waals surface area contributed by atoms with Crippen LogP contribution in [0.2, 0.25) is 0 Å². The molecule has 28 heavy (non-hydrogen) atoms. The number of hydrogen-bond donors (Lipinski definition) is 3. The minimum atomic E-state index is -1.02. The zero-order valence-electron chi connectivity index (χ0n) is 16.5. The highest BCUT2D eigenvalue weighted by molar-refractivity contribution is 5.99. The fraction of sp³-hybridized carbons (Fsp3) is 0.409. The summed E-state index contributed by atoms with van der Waals surface area (Å²) in [7, 11) is 2.94. The first-order valence-electron chi connectivity index (χ1n) is 9.18. The predicted octanol–water partition coefficient (Wildman–Crippen LogP) is 3.41. The Morgan fingerprint density at radius 2 is 1.86 bits per heavy atom. The second-order valence-electron chi connectivity index (χ2n) is 7.77. The Hall–Kier alpha value is -2.73. The fourth-order valence-electron chi connectivity index (χ4n) is 4.21. The van der Waals surface area contributed by atoms with Gasteiger partial charge >= 0.3 is 0 Å². The second-order valence-corrected chi connectivity index (χ2v) is 7.77. The third kappa shape index (κ3) is 3.52. The van der Waals surface area contributed by atoms with Gasteiger partial charge in [-0.05, 0) is 55.9 Å². The number of ketones is 1. The highest BCUT2D eigenvalue weighted by Gasteiger charge is 2.43. The summed E-state index contributed by atoms with van der Waals surface area (Å²) in [4.78, 5) is 13.1. The van der Waals surface area contributed by atoms with Crippen LogP contribution in [0.1, 0.15) is 47.7 Å². The number of methoxy groups -OCH3 is 2. The molecule has 0 saturated carbocycles. The standard InChI is InChI=1S/C22H26O6/c1-22(2,26)17-10-16-13(7-8-18(24)21(16)28-4)15(17)11-19(25)14-6-5-12(23)9-20(14)27-3/h5-9,15,17,23-24,26H,10-11H2,1-4H3/t15-,17-/m1/s1. The van der Waals surface area contributed by atoms with Crippen molar-refractivity contribution >= 4 is 5.78 Å². The van der Waals surface area contributed by atoms with E-state index in [2.05, 4.69) is 0 Å². The van der Waals surface area contributed by atoms with Gasteiger partial charge in [0.2, 0.25) is 0 Å². The van der Waals surface area contributed by atoms with E-state index in [0.29, 0.717) is 23.5 Å². The molecule has 150 valence electrons. The van der Waals surface area contributed by atoms with Crippen molar-refractivity contribution < 1.29 is 29.6 Å². The third-order valence-corrected chi connectivity index (χ3v) is 5.59.